The van der Waals surface area contributed by atoms with Gasteiger partial charge in [-0.3, -0.25) is 9.69 Å². The first-order valence-corrected chi connectivity index (χ1v) is 8.48. The van der Waals surface area contributed by atoms with Crippen LogP contribution in [0.2, 0.25) is 0 Å². The molecule has 1 amide bonds. The topological polar surface area (TPSA) is 58.4 Å². The largest absolute Gasteiger partial charge is 0.354 e. The molecule has 4 nitrogen and oxygen atoms in total. The Morgan fingerprint density at radius 3 is 2.64 bits per heavy atom. The molecule has 1 atom stereocenters. The molecule has 1 aromatic carbocycles. The normalized spacial score (nSPS) is 18.1. The van der Waals surface area contributed by atoms with E-state index in [1.54, 1.807) is 0 Å². The quantitative estimate of drug-likeness (QED) is 0.811. The van der Waals surface area contributed by atoms with Crippen molar-refractivity contribution in [1.82, 2.24) is 10.2 Å². The molecular weight excluding hydrogens is 274 g/mol. The molecule has 22 heavy (non-hydrogen) atoms. The molecule has 1 saturated heterocycles. The van der Waals surface area contributed by atoms with Crippen LogP contribution in [-0.4, -0.2) is 36.5 Å². The van der Waals surface area contributed by atoms with Crippen molar-refractivity contribution in [1.29, 1.82) is 0 Å². The molecule has 1 fully saturated rings. The molecule has 0 radical (unpaired) electrons. The monoisotopic (exact) mass is 303 g/mol. The van der Waals surface area contributed by atoms with Crippen LogP contribution in [0.3, 0.4) is 0 Å². The lowest BCUT2D eigenvalue weighted by Gasteiger charge is -2.32. The standard InChI is InChI=1S/C18H29N3O/c1-2-6-17(19)18(22)20-13-15-9-11-21(12-10-15)14-16-7-4-3-5-8-16/h3-5,7-8,15,17H,2,6,9-14,19H2,1H3,(H,20,22). The fraction of sp³-hybridized carbons (Fsp3) is 0.611. The second kappa shape index (κ2) is 8.91. The summed E-state index contributed by atoms with van der Waals surface area (Å²) in [7, 11) is 0. The number of nitrogens with zero attached hydrogens (tertiary/aromatic N) is 1. The molecule has 1 unspecified atom stereocenters. The molecule has 3 N–H and O–H groups in total. The van der Waals surface area contributed by atoms with Crippen molar-refractivity contribution in [3.05, 3.63) is 35.9 Å². The zero-order valence-corrected chi connectivity index (χ0v) is 13.6. The van der Waals surface area contributed by atoms with Gasteiger partial charge in [-0.1, -0.05) is 43.7 Å². The number of amides is 1. The van der Waals surface area contributed by atoms with Crippen molar-refractivity contribution in [2.75, 3.05) is 19.6 Å². The zero-order valence-electron chi connectivity index (χ0n) is 13.6. The Bertz CT molecular complexity index is 441. The average Bonchev–Trinajstić information content (AvgIpc) is 2.55. The third-order valence-electron chi connectivity index (χ3n) is 4.46. The van der Waals surface area contributed by atoms with Gasteiger partial charge >= 0.3 is 0 Å². The highest BCUT2D eigenvalue weighted by Crippen LogP contribution is 2.18. The number of nitrogens with one attached hydrogen (secondary N) is 1. The summed E-state index contributed by atoms with van der Waals surface area (Å²) in [5.74, 6) is 0.596. The molecule has 1 aliphatic rings. The van der Waals surface area contributed by atoms with Gasteiger partial charge in [0.2, 0.25) is 5.91 Å². The molecule has 0 spiro atoms. The number of nitrogens with two attached hydrogens (primary N) is 1. The summed E-state index contributed by atoms with van der Waals surface area (Å²) in [6.45, 7) is 6.07. The van der Waals surface area contributed by atoms with E-state index in [-0.39, 0.29) is 11.9 Å². The third kappa shape index (κ3) is 5.43. The smallest absolute Gasteiger partial charge is 0.236 e. The number of hydrogen-bond acceptors (Lipinski definition) is 3. The Hall–Kier alpha value is -1.39. The maximum atomic E-state index is 11.8. The predicted octanol–water partition coefficient (Wildman–Crippen LogP) is 2.14. The van der Waals surface area contributed by atoms with Gasteiger partial charge in [0.05, 0.1) is 6.04 Å². The van der Waals surface area contributed by atoms with Crippen LogP contribution in [0.15, 0.2) is 30.3 Å². The molecule has 2 rings (SSSR count). The molecule has 0 aromatic heterocycles. The lowest BCUT2D eigenvalue weighted by molar-refractivity contribution is -0.122. The first kappa shape index (κ1) is 17.0. The van der Waals surface area contributed by atoms with Crippen molar-refractivity contribution in [2.24, 2.45) is 11.7 Å². The molecule has 1 heterocycles. The van der Waals surface area contributed by atoms with Gasteiger partial charge in [0.15, 0.2) is 0 Å². The maximum Gasteiger partial charge on any atom is 0.236 e. The molecule has 122 valence electrons. The second-order valence-corrected chi connectivity index (χ2v) is 6.35. The molecule has 0 bridgehead atoms. The van der Waals surface area contributed by atoms with E-state index in [0.717, 1.165) is 51.9 Å². The average molecular weight is 303 g/mol. The third-order valence-corrected chi connectivity index (χ3v) is 4.46. The predicted molar refractivity (Wildman–Crippen MR) is 90.3 cm³/mol. The van der Waals surface area contributed by atoms with Crippen molar-refractivity contribution in [2.45, 2.75) is 45.2 Å². The maximum absolute atomic E-state index is 11.8. The summed E-state index contributed by atoms with van der Waals surface area (Å²) >= 11 is 0. The van der Waals surface area contributed by atoms with Gasteiger partial charge in [-0.15, -0.1) is 0 Å². The van der Waals surface area contributed by atoms with Crippen LogP contribution in [0.5, 0.6) is 0 Å². The van der Waals surface area contributed by atoms with Gasteiger partial charge in [-0.05, 0) is 43.8 Å². The van der Waals surface area contributed by atoms with Crippen LogP contribution in [0.25, 0.3) is 0 Å². The van der Waals surface area contributed by atoms with Gasteiger partial charge in [-0.2, -0.15) is 0 Å². The van der Waals surface area contributed by atoms with Gasteiger partial charge < -0.3 is 11.1 Å². The number of carbonyl (C=O) groups is 1. The Morgan fingerprint density at radius 1 is 1.32 bits per heavy atom. The summed E-state index contributed by atoms with van der Waals surface area (Å²) in [6, 6.07) is 10.3. The minimum absolute atomic E-state index is 0.00793. The second-order valence-electron chi connectivity index (χ2n) is 6.35. The first-order chi connectivity index (χ1) is 10.7. The van der Waals surface area contributed by atoms with E-state index in [9.17, 15) is 4.79 Å². The Morgan fingerprint density at radius 2 is 2.00 bits per heavy atom. The van der Waals surface area contributed by atoms with E-state index >= 15 is 0 Å². The summed E-state index contributed by atoms with van der Waals surface area (Å²) in [5.41, 5.74) is 7.21. The molecule has 0 aliphatic carbocycles. The van der Waals surface area contributed by atoms with Crippen LogP contribution in [0.1, 0.15) is 38.2 Å². The lowest BCUT2D eigenvalue weighted by atomic mass is 9.96. The van der Waals surface area contributed by atoms with E-state index in [1.807, 2.05) is 0 Å². The minimum atomic E-state index is -0.344. The van der Waals surface area contributed by atoms with Crippen LogP contribution >= 0.6 is 0 Å². The number of hydrogen-bond donors (Lipinski definition) is 2. The summed E-state index contributed by atoms with van der Waals surface area (Å²) in [6.07, 6.45) is 4.01. The van der Waals surface area contributed by atoms with Crippen molar-refractivity contribution in [3.8, 4) is 0 Å². The van der Waals surface area contributed by atoms with Gasteiger partial charge in [0.1, 0.15) is 0 Å². The summed E-state index contributed by atoms with van der Waals surface area (Å²) in [4.78, 5) is 14.3. The number of rotatable bonds is 7. The van der Waals surface area contributed by atoms with Gasteiger partial charge in [-0.25, -0.2) is 0 Å². The highest BCUT2D eigenvalue weighted by molar-refractivity contribution is 5.81. The van der Waals surface area contributed by atoms with E-state index < -0.39 is 0 Å². The summed E-state index contributed by atoms with van der Waals surface area (Å²) in [5, 5.41) is 3.02. The number of piperidine rings is 1. The Labute approximate surface area is 134 Å². The molecular formula is C18H29N3O. The van der Waals surface area contributed by atoms with Crippen LogP contribution in [-0.2, 0) is 11.3 Å². The van der Waals surface area contributed by atoms with Crippen LogP contribution in [0, 0.1) is 5.92 Å². The van der Waals surface area contributed by atoms with Crippen molar-refractivity contribution < 1.29 is 4.79 Å². The van der Waals surface area contributed by atoms with E-state index in [0.29, 0.717) is 5.92 Å². The van der Waals surface area contributed by atoms with Gasteiger partial charge in [0.25, 0.3) is 0 Å². The minimum Gasteiger partial charge on any atom is -0.354 e. The molecule has 1 aliphatic heterocycles. The zero-order chi connectivity index (χ0) is 15.8. The highest BCUT2D eigenvalue weighted by Gasteiger charge is 2.20. The number of benzene rings is 1. The number of likely N-dealkylation sites (tertiary alicyclic amines) is 1. The summed E-state index contributed by atoms with van der Waals surface area (Å²) < 4.78 is 0. The van der Waals surface area contributed by atoms with E-state index in [1.165, 1.54) is 5.56 Å². The fourth-order valence-corrected chi connectivity index (χ4v) is 3.01. The van der Waals surface area contributed by atoms with E-state index in [2.05, 4.69) is 47.5 Å². The van der Waals surface area contributed by atoms with Gasteiger partial charge in [0, 0.05) is 13.1 Å². The van der Waals surface area contributed by atoms with Crippen molar-refractivity contribution in [3.63, 3.8) is 0 Å². The Kier molecular flexibility index (Phi) is 6.87. The van der Waals surface area contributed by atoms with Crippen molar-refractivity contribution >= 4 is 5.91 Å². The molecule has 0 saturated carbocycles. The molecule has 4 heteroatoms. The Balaban J connectivity index is 1.66. The van der Waals surface area contributed by atoms with Crippen LogP contribution in [0.4, 0.5) is 0 Å². The fourth-order valence-electron chi connectivity index (χ4n) is 3.01. The lowest BCUT2D eigenvalue weighted by Crippen LogP contribution is -2.44. The number of carbonyl (C=O) groups excluding carboxylic acids is 1. The SMILES string of the molecule is CCCC(N)C(=O)NCC1CCN(Cc2ccccc2)CC1. The van der Waals surface area contributed by atoms with E-state index in [4.69, 9.17) is 5.73 Å². The molecule has 1 aromatic rings. The van der Waals surface area contributed by atoms with Crippen LogP contribution < -0.4 is 11.1 Å². The first-order valence-electron chi connectivity index (χ1n) is 8.48. The highest BCUT2D eigenvalue weighted by atomic mass is 16.2.